The first-order chi connectivity index (χ1) is 15.8. The van der Waals surface area contributed by atoms with Crippen molar-refractivity contribution in [3.8, 4) is 0 Å². The Balaban J connectivity index is 1.87. The maximum atomic E-state index is 13.1. The van der Waals surface area contributed by atoms with E-state index >= 15 is 0 Å². The van der Waals surface area contributed by atoms with Gasteiger partial charge in [-0.25, -0.2) is 8.42 Å². The fourth-order valence-corrected chi connectivity index (χ4v) is 5.24. The topological polar surface area (TPSA) is 83.5 Å². The third-order valence-electron chi connectivity index (χ3n) is 5.86. The summed E-state index contributed by atoms with van der Waals surface area (Å²) in [4.78, 5) is 11.1. The molecule has 0 bridgehead atoms. The average Bonchev–Trinajstić information content (AvgIpc) is 2.79. The number of carbonyl (C=O) groups is 1. The number of aliphatic carboxylic acids is 1. The summed E-state index contributed by atoms with van der Waals surface area (Å²) in [6.45, 7) is 4.10. The molecule has 0 amide bonds. The smallest absolute Gasteiger partial charge is 0.303 e. The Bertz CT molecular complexity index is 1160. The number of rotatable bonds is 11. The number of carboxylic acids is 1. The minimum atomic E-state index is -3.74. The Morgan fingerprint density at radius 1 is 0.909 bits per heavy atom. The van der Waals surface area contributed by atoms with Crippen LogP contribution in [0, 0.1) is 12.8 Å². The number of hydrogen-bond donors (Lipinski definition) is 2. The predicted molar refractivity (Wildman–Crippen MR) is 132 cm³/mol. The SMILES string of the molecule is Cc1ccc(NS(=O)(=O)c2cccc(C(c3ccccc3)C(C)CCCCC(=O)O)c2)cc1. The Morgan fingerprint density at radius 2 is 1.58 bits per heavy atom. The minimum absolute atomic E-state index is 0.00514. The van der Waals surface area contributed by atoms with E-state index in [1.807, 2.05) is 43.3 Å². The van der Waals surface area contributed by atoms with Gasteiger partial charge in [-0.1, -0.05) is 73.5 Å². The normalized spacial score (nSPS) is 13.3. The molecule has 3 rings (SSSR count). The fraction of sp³-hybridized carbons (Fsp3) is 0.296. The Labute approximate surface area is 196 Å². The van der Waals surface area contributed by atoms with Gasteiger partial charge in [-0.2, -0.15) is 0 Å². The molecule has 2 unspecified atom stereocenters. The van der Waals surface area contributed by atoms with Crippen LogP contribution < -0.4 is 4.72 Å². The maximum absolute atomic E-state index is 13.1. The number of anilines is 1. The van der Waals surface area contributed by atoms with E-state index in [-0.39, 0.29) is 23.2 Å². The standard InChI is InChI=1S/C27H31NO4S/c1-20-15-17-24(18-16-20)28-33(31,32)25-13-8-12-23(19-25)27(22-10-4-3-5-11-22)21(2)9-6-7-14-26(29)30/h3-5,8,10-13,15-19,21,27-28H,6-7,9,14H2,1-2H3,(H,29,30). The van der Waals surface area contributed by atoms with E-state index in [2.05, 4.69) is 23.8 Å². The van der Waals surface area contributed by atoms with E-state index in [0.29, 0.717) is 12.1 Å². The van der Waals surface area contributed by atoms with Crippen LogP contribution in [0.15, 0.2) is 83.8 Å². The van der Waals surface area contributed by atoms with Gasteiger partial charge < -0.3 is 5.11 Å². The van der Waals surface area contributed by atoms with E-state index in [1.165, 1.54) is 0 Å². The summed E-state index contributed by atoms with van der Waals surface area (Å²) < 4.78 is 28.8. The first-order valence-electron chi connectivity index (χ1n) is 11.2. The molecule has 0 aliphatic rings. The maximum Gasteiger partial charge on any atom is 0.303 e. The molecule has 2 N–H and O–H groups in total. The molecule has 0 radical (unpaired) electrons. The van der Waals surface area contributed by atoms with Crippen LogP contribution in [0.5, 0.6) is 0 Å². The van der Waals surface area contributed by atoms with Crippen LogP contribution in [0.3, 0.4) is 0 Å². The molecule has 0 heterocycles. The number of hydrogen-bond acceptors (Lipinski definition) is 3. The molecule has 33 heavy (non-hydrogen) atoms. The lowest BCUT2D eigenvalue weighted by atomic mass is 9.79. The number of carboxylic acid groups (broad SMARTS) is 1. The molecule has 0 aliphatic heterocycles. The van der Waals surface area contributed by atoms with Crippen LogP contribution in [-0.4, -0.2) is 19.5 Å². The summed E-state index contributed by atoms with van der Waals surface area (Å²) in [6, 6.07) is 24.4. The summed E-state index contributed by atoms with van der Waals surface area (Å²) >= 11 is 0. The molecule has 0 saturated heterocycles. The quantitative estimate of drug-likeness (QED) is 0.330. The number of unbranched alkanes of at least 4 members (excludes halogenated alkanes) is 1. The van der Waals surface area contributed by atoms with Crippen LogP contribution in [0.25, 0.3) is 0 Å². The summed E-state index contributed by atoms with van der Waals surface area (Å²) in [5.74, 6) is -0.559. The minimum Gasteiger partial charge on any atom is -0.481 e. The van der Waals surface area contributed by atoms with Gasteiger partial charge in [-0.15, -0.1) is 0 Å². The van der Waals surface area contributed by atoms with Gasteiger partial charge in [0.25, 0.3) is 10.0 Å². The number of aryl methyl sites for hydroxylation is 1. The molecular weight excluding hydrogens is 434 g/mol. The van der Waals surface area contributed by atoms with Gasteiger partial charge in [0.05, 0.1) is 4.90 Å². The van der Waals surface area contributed by atoms with E-state index in [4.69, 9.17) is 5.11 Å². The van der Waals surface area contributed by atoms with Crippen molar-refractivity contribution in [2.45, 2.75) is 50.3 Å². The van der Waals surface area contributed by atoms with Gasteiger partial charge in [0, 0.05) is 18.0 Å². The molecule has 2 atom stereocenters. The fourth-order valence-electron chi connectivity index (χ4n) is 4.13. The molecule has 0 fully saturated rings. The van der Waals surface area contributed by atoms with E-state index in [0.717, 1.165) is 29.5 Å². The van der Waals surface area contributed by atoms with Gasteiger partial charge in [-0.05, 0) is 61.1 Å². The van der Waals surface area contributed by atoms with Crippen LogP contribution in [-0.2, 0) is 14.8 Å². The van der Waals surface area contributed by atoms with Crippen LogP contribution in [0.4, 0.5) is 5.69 Å². The second-order valence-corrected chi connectivity index (χ2v) is 10.2. The van der Waals surface area contributed by atoms with Crippen LogP contribution in [0.1, 0.15) is 55.2 Å². The van der Waals surface area contributed by atoms with E-state index < -0.39 is 16.0 Å². The van der Waals surface area contributed by atoms with Crippen molar-refractivity contribution < 1.29 is 18.3 Å². The number of nitrogens with one attached hydrogen (secondary N) is 1. The van der Waals surface area contributed by atoms with Gasteiger partial charge in [0.1, 0.15) is 0 Å². The van der Waals surface area contributed by atoms with E-state index in [9.17, 15) is 13.2 Å². The molecule has 6 heteroatoms. The average molecular weight is 466 g/mol. The highest BCUT2D eigenvalue weighted by atomic mass is 32.2. The van der Waals surface area contributed by atoms with Crippen molar-refractivity contribution >= 4 is 21.7 Å². The summed E-state index contributed by atoms with van der Waals surface area (Å²) in [6.07, 6.45) is 2.46. The van der Waals surface area contributed by atoms with Crippen LogP contribution in [0.2, 0.25) is 0 Å². The molecule has 0 aliphatic carbocycles. The van der Waals surface area contributed by atoms with Gasteiger partial charge in [0.2, 0.25) is 0 Å². The first kappa shape index (κ1) is 24.5. The zero-order valence-corrected chi connectivity index (χ0v) is 19.9. The molecule has 174 valence electrons. The monoisotopic (exact) mass is 465 g/mol. The third-order valence-corrected chi connectivity index (χ3v) is 7.24. The zero-order chi connectivity index (χ0) is 23.8. The molecule has 5 nitrogen and oxygen atoms in total. The molecule has 3 aromatic carbocycles. The van der Waals surface area contributed by atoms with Crippen molar-refractivity contribution in [2.24, 2.45) is 5.92 Å². The highest BCUT2D eigenvalue weighted by Crippen LogP contribution is 2.36. The largest absolute Gasteiger partial charge is 0.481 e. The van der Waals surface area contributed by atoms with Crippen molar-refractivity contribution in [1.82, 2.24) is 0 Å². The third kappa shape index (κ3) is 6.93. The predicted octanol–water partition coefficient (Wildman–Crippen LogP) is 6.21. The molecular formula is C27H31NO4S. The highest BCUT2D eigenvalue weighted by Gasteiger charge is 2.23. The lowest BCUT2D eigenvalue weighted by molar-refractivity contribution is -0.137. The van der Waals surface area contributed by atoms with Gasteiger partial charge in [0.15, 0.2) is 0 Å². The Morgan fingerprint density at radius 3 is 2.24 bits per heavy atom. The molecule has 0 aromatic heterocycles. The van der Waals surface area contributed by atoms with E-state index in [1.54, 1.807) is 30.3 Å². The van der Waals surface area contributed by atoms with Crippen molar-refractivity contribution in [3.63, 3.8) is 0 Å². The Kier molecular flexibility index (Phi) is 8.28. The molecule has 0 spiro atoms. The van der Waals surface area contributed by atoms with Gasteiger partial charge >= 0.3 is 5.97 Å². The van der Waals surface area contributed by atoms with Gasteiger partial charge in [-0.3, -0.25) is 9.52 Å². The summed E-state index contributed by atoms with van der Waals surface area (Å²) in [5, 5.41) is 8.91. The summed E-state index contributed by atoms with van der Waals surface area (Å²) in [7, 11) is -3.74. The number of benzene rings is 3. The number of sulfonamides is 1. The van der Waals surface area contributed by atoms with Crippen molar-refractivity contribution in [3.05, 3.63) is 95.6 Å². The van der Waals surface area contributed by atoms with Crippen molar-refractivity contribution in [2.75, 3.05) is 4.72 Å². The summed E-state index contributed by atoms with van der Waals surface area (Å²) in [5.41, 5.74) is 3.63. The molecule has 0 saturated carbocycles. The zero-order valence-electron chi connectivity index (χ0n) is 19.1. The lowest BCUT2D eigenvalue weighted by Gasteiger charge is -2.26. The molecule has 3 aromatic rings. The lowest BCUT2D eigenvalue weighted by Crippen LogP contribution is -2.15. The Hall–Kier alpha value is -3.12. The first-order valence-corrected chi connectivity index (χ1v) is 12.7. The highest BCUT2D eigenvalue weighted by molar-refractivity contribution is 7.92. The second kappa shape index (κ2) is 11.1. The van der Waals surface area contributed by atoms with Crippen molar-refractivity contribution in [1.29, 1.82) is 0 Å². The van der Waals surface area contributed by atoms with Crippen LogP contribution >= 0.6 is 0 Å². The second-order valence-electron chi connectivity index (χ2n) is 8.55.